The van der Waals surface area contributed by atoms with Crippen LogP contribution in [-0.2, 0) is 6.54 Å². The number of nitrogens with one attached hydrogen (secondary N) is 1. The van der Waals surface area contributed by atoms with Crippen molar-refractivity contribution in [1.82, 2.24) is 19.1 Å². The van der Waals surface area contributed by atoms with Crippen LogP contribution in [0.1, 0.15) is 25.3 Å². The van der Waals surface area contributed by atoms with Gasteiger partial charge in [0, 0.05) is 35.6 Å². The molecule has 0 amide bonds. The number of benzene rings is 2. The van der Waals surface area contributed by atoms with Crippen LogP contribution in [0.2, 0.25) is 0 Å². The van der Waals surface area contributed by atoms with E-state index >= 15 is 0 Å². The molecule has 4 rings (SSSR count). The Bertz CT molecular complexity index is 1260. The Labute approximate surface area is 168 Å². The Morgan fingerprint density at radius 1 is 1.14 bits per heavy atom. The molecule has 0 saturated carbocycles. The molecule has 0 atom stereocenters. The van der Waals surface area contributed by atoms with E-state index in [1.165, 1.54) is 6.33 Å². The first-order valence-electron chi connectivity index (χ1n) is 9.56. The number of nitrogens with zero attached hydrogens (tertiary/aromatic N) is 4. The summed E-state index contributed by atoms with van der Waals surface area (Å²) in [6.45, 7) is 2.83. The lowest BCUT2D eigenvalue weighted by Gasteiger charge is -2.10. The number of unbranched alkanes of at least 4 members (excludes halogenated alkanes) is 1. The Hall–Kier alpha value is -3.85. The fourth-order valence-electron chi connectivity index (χ4n) is 3.23. The monoisotopic (exact) mass is 383 g/mol. The van der Waals surface area contributed by atoms with Crippen molar-refractivity contribution in [2.75, 3.05) is 5.32 Å². The van der Waals surface area contributed by atoms with Crippen LogP contribution >= 0.6 is 0 Å². The lowest BCUT2D eigenvalue weighted by atomic mass is 10.2. The van der Waals surface area contributed by atoms with Crippen molar-refractivity contribution in [3.63, 3.8) is 0 Å². The van der Waals surface area contributed by atoms with E-state index in [0.717, 1.165) is 47.2 Å². The Balaban J connectivity index is 1.74. The van der Waals surface area contributed by atoms with Gasteiger partial charge in [-0.2, -0.15) is 0 Å². The van der Waals surface area contributed by atoms with E-state index in [9.17, 15) is 4.79 Å². The SMILES string of the molecule is C#Cc1cccc(Nc2ncnc3ccc(-n4ccn(CCCC)c4=O)cc23)c1. The largest absolute Gasteiger partial charge is 0.340 e. The van der Waals surface area contributed by atoms with Crippen molar-refractivity contribution in [1.29, 1.82) is 0 Å². The van der Waals surface area contributed by atoms with Crippen molar-refractivity contribution in [3.8, 4) is 18.0 Å². The number of hydrogen-bond donors (Lipinski definition) is 1. The number of rotatable bonds is 6. The Morgan fingerprint density at radius 3 is 2.86 bits per heavy atom. The average Bonchev–Trinajstić information content (AvgIpc) is 3.12. The molecule has 0 unspecified atom stereocenters. The van der Waals surface area contributed by atoms with Gasteiger partial charge < -0.3 is 5.32 Å². The third-order valence-electron chi connectivity index (χ3n) is 4.79. The number of anilines is 2. The molecule has 0 radical (unpaired) electrons. The molecule has 0 spiro atoms. The molecule has 0 aliphatic heterocycles. The van der Waals surface area contributed by atoms with Gasteiger partial charge in [-0.15, -0.1) is 6.42 Å². The smallest absolute Gasteiger partial charge is 0.332 e. The van der Waals surface area contributed by atoms with Crippen LogP contribution in [-0.4, -0.2) is 19.1 Å². The second-order valence-corrected chi connectivity index (χ2v) is 6.77. The molecule has 4 aromatic rings. The molecule has 0 fully saturated rings. The van der Waals surface area contributed by atoms with Gasteiger partial charge in [-0.3, -0.25) is 9.13 Å². The maximum absolute atomic E-state index is 12.7. The van der Waals surface area contributed by atoms with E-state index in [2.05, 4.69) is 28.1 Å². The second kappa shape index (κ2) is 8.03. The van der Waals surface area contributed by atoms with Gasteiger partial charge in [0.05, 0.1) is 11.2 Å². The topological polar surface area (TPSA) is 64.7 Å². The van der Waals surface area contributed by atoms with Crippen molar-refractivity contribution in [3.05, 3.63) is 77.2 Å². The highest BCUT2D eigenvalue weighted by atomic mass is 16.1. The summed E-state index contributed by atoms with van der Waals surface area (Å²) in [6, 6.07) is 13.3. The second-order valence-electron chi connectivity index (χ2n) is 6.77. The highest BCUT2D eigenvalue weighted by molar-refractivity contribution is 5.92. The number of imidazole rings is 1. The molecule has 0 saturated heterocycles. The predicted octanol–water partition coefficient (Wildman–Crippen LogP) is 4.11. The zero-order valence-corrected chi connectivity index (χ0v) is 16.2. The normalized spacial score (nSPS) is 10.8. The zero-order valence-electron chi connectivity index (χ0n) is 16.2. The third kappa shape index (κ3) is 3.76. The molecule has 2 aromatic carbocycles. The van der Waals surface area contributed by atoms with Crippen LogP contribution in [0.25, 0.3) is 16.6 Å². The minimum absolute atomic E-state index is 0.0501. The Kier molecular flexibility index (Phi) is 5.12. The fourth-order valence-corrected chi connectivity index (χ4v) is 3.23. The van der Waals surface area contributed by atoms with Crippen molar-refractivity contribution in [2.45, 2.75) is 26.3 Å². The lowest BCUT2D eigenvalue weighted by molar-refractivity contribution is 0.608. The number of terminal acetylenes is 1. The molecular formula is C23H21N5O. The van der Waals surface area contributed by atoms with E-state index in [-0.39, 0.29) is 5.69 Å². The minimum Gasteiger partial charge on any atom is -0.340 e. The molecule has 6 heteroatoms. The first kappa shape index (κ1) is 18.5. The predicted molar refractivity (Wildman–Crippen MR) is 116 cm³/mol. The molecule has 2 aromatic heterocycles. The van der Waals surface area contributed by atoms with Crippen molar-refractivity contribution >= 4 is 22.4 Å². The average molecular weight is 383 g/mol. The highest BCUT2D eigenvalue weighted by Gasteiger charge is 2.10. The molecular weight excluding hydrogens is 362 g/mol. The van der Waals surface area contributed by atoms with Crippen molar-refractivity contribution in [2.24, 2.45) is 0 Å². The maximum atomic E-state index is 12.7. The first-order chi connectivity index (χ1) is 14.2. The minimum atomic E-state index is -0.0501. The molecule has 1 N–H and O–H groups in total. The summed E-state index contributed by atoms with van der Waals surface area (Å²) in [7, 11) is 0. The molecule has 2 heterocycles. The molecule has 0 bridgehead atoms. The Morgan fingerprint density at radius 2 is 2.03 bits per heavy atom. The van der Waals surface area contributed by atoms with Gasteiger partial charge in [-0.25, -0.2) is 14.8 Å². The van der Waals surface area contributed by atoms with E-state index in [1.54, 1.807) is 15.3 Å². The molecule has 0 aliphatic carbocycles. The van der Waals surface area contributed by atoms with Gasteiger partial charge in [0.2, 0.25) is 0 Å². The van der Waals surface area contributed by atoms with Crippen LogP contribution in [0.15, 0.2) is 66.0 Å². The van der Waals surface area contributed by atoms with Gasteiger partial charge >= 0.3 is 5.69 Å². The van der Waals surface area contributed by atoms with Gasteiger partial charge in [0.1, 0.15) is 12.1 Å². The van der Waals surface area contributed by atoms with E-state index in [0.29, 0.717) is 5.82 Å². The zero-order chi connectivity index (χ0) is 20.2. The van der Waals surface area contributed by atoms with E-state index < -0.39 is 0 Å². The maximum Gasteiger partial charge on any atom is 0.332 e. The summed E-state index contributed by atoms with van der Waals surface area (Å²) < 4.78 is 3.38. The van der Waals surface area contributed by atoms with Gasteiger partial charge in [-0.05, 0) is 42.8 Å². The van der Waals surface area contributed by atoms with Crippen LogP contribution in [0.5, 0.6) is 0 Å². The summed E-state index contributed by atoms with van der Waals surface area (Å²) in [6.07, 6.45) is 12.7. The number of hydrogen-bond acceptors (Lipinski definition) is 4. The quantitative estimate of drug-likeness (QED) is 0.509. The number of aromatic nitrogens is 4. The molecule has 0 aliphatic rings. The van der Waals surface area contributed by atoms with Gasteiger partial charge in [0.15, 0.2) is 0 Å². The summed E-state index contributed by atoms with van der Waals surface area (Å²) in [5, 5.41) is 4.13. The van der Waals surface area contributed by atoms with Crippen LogP contribution in [0.3, 0.4) is 0 Å². The lowest BCUT2D eigenvalue weighted by Crippen LogP contribution is -2.22. The van der Waals surface area contributed by atoms with E-state index in [4.69, 9.17) is 6.42 Å². The summed E-state index contributed by atoms with van der Waals surface area (Å²) >= 11 is 0. The van der Waals surface area contributed by atoms with Crippen LogP contribution in [0, 0.1) is 12.3 Å². The van der Waals surface area contributed by atoms with Gasteiger partial charge in [0.25, 0.3) is 0 Å². The number of fused-ring (bicyclic) bond motifs is 1. The first-order valence-corrected chi connectivity index (χ1v) is 9.56. The van der Waals surface area contributed by atoms with Gasteiger partial charge in [-0.1, -0.05) is 25.3 Å². The van der Waals surface area contributed by atoms with E-state index in [1.807, 2.05) is 48.7 Å². The highest BCUT2D eigenvalue weighted by Crippen LogP contribution is 2.25. The third-order valence-corrected chi connectivity index (χ3v) is 4.79. The summed E-state index contributed by atoms with van der Waals surface area (Å²) in [5.74, 6) is 3.29. The van der Waals surface area contributed by atoms with Crippen LogP contribution < -0.4 is 11.0 Å². The summed E-state index contributed by atoms with van der Waals surface area (Å²) in [5.41, 5.74) is 3.14. The fraction of sp³-hybridized carbons (Fsp3) is 0.174. The van der Waals surface area contributed by atoms with Crippen LogP contribution in [0.4, 0.5) is 11.5 Å². The molecule has 29 heavy (non-hydrogen) atoms. The summed E-state index contributed by atoms with van der Waals surface area (Å²) in [4.78, 5) is 21.5. The number of aryl methyl sites for hydroxylation is 1. The standard InChI is InChI=1S/C23H21N5O/c1-3-5-11-27-12-13-28(23(27)29)19-9-10-21-20(15-19)22(25-16-24-21)26-18-8-6-7-17(4-2)14-18/h2,6-10,12-16H,3,5,11H2,1H3,(H,24,25,26). The molecule has 6 nitrogen and oxygen atoms in total. The molecule has 144 valence electrons. The van der Waals surface area contributed by atoms with Crippen molar-refractivity contribution < 1.29 is 0 Å².